The van der Waals surface area contributed by atoms with Crippen LogP contribution < -0.4 is 5.32 Å². The van der Waals surface area contributed by atoms with E-state index < -0.39 is 0 Å². The zero-order valence-corrected chi connectivity index (χ0v) is 14.4. The molecule has 1 aromatic heterocycles. The van der Waals surface area contributed by atoms with E-state index in [-0.39, 0.29) is 17.7 Å². The van der Waals surface area contributed by atoms with Crippen molar-refractivity contribution < 1.29 is 9.59 Å². The number of nitrogens with zero attached hydrogens (tertiary/aromatic N) is 1. The van der Waals surface area contributed by atoms with Gasteiger partial charge in [0.25, 0.3) is 0 Å². The van der Waals surface area contributed by atoms with Crippen LogP contribution in [0.3, 0.4) is 0 Å². The van der Waals surface area contributed by atoms with E-state index in [4.69, 9.17) is 0 Å². The molecule has 2 heterocycles. The number of thiophene rings is 1. The second-order valence-electron chi connectivity index (χ2n) is 7.28. The number of amides is 2. The van der Waals surface area contributed by atoms with Gasteiger partial charge < -0.3 is 10.2 Å². The number of carbonyl (C=O) groups excluding carboxylic acids is 2. The van der Waals surface area contributed by atoms with E-state index in [1.807, 2.05) is 16.2 Å². The van der Waals surface area contributed by atoms with Crippen molar-refractivity contribution in [3.05, 3.63) is 21.9 Å². The van der Waals surface area contributed by atoms with Crippen LogP contribution in [0.4, 0.5) is 0 Å². The van der Waals surface area contributed by atoms with Crippen LogP contribution in [0, 0.1) is 18.8 Å². The van der Waals surface area contributed by atoms with Gasteiger partial charge in [-0.1, -0.05) is 0 Å². The third-order valence-electron chi connectivity index (χ3n) is 5.34. The van der Waals surface area contributed by atoms with Crippen molar-refractivity contribution in [2.75, 3.05) is 13.1 Å². The zero-order chi connectivity index (χ0) is 16.0. The van der Waals surface area contributed by atoms with Gasteiger partial charge in [0.2, 0.25) is 11.8 Å². The van der Waals surface area contributed by atoms with E-state index >= 15 is 0 Å². The average Bonchev–Trinajstić information content (AvgIpc) is 3.47. The number of hydrogen-bond donors (Lipinski definition) is 1. The number of carbonyl (C=O) groups is 2. The summed E-state index contributed by atoms with van der Waals surface area (Å²) in [7, 11) is 0. The van der Waals surface area contributed by atoms with Gasteiger partial charge >= 0.3 is 0 Å². The summed E-state index contributed by atoms with van der Waals surface area (Å²) in [6.07, 6.45) is 4.91. The number of rotatable bonds is 4. The maximum absolute atomic E-state index is 12.6. The minimum absolute atomic E-state index is 0.106. The summed E-state index contributed by atoms with van der Waals surface area (Å²) in [4.78, 5) is 29.4. The highest BCUT2D eigenvalue weighted by Gasteiger charge is 2.47. The van der Waals surface area contributed by atoms with Crippen LogP contribution in [-0.4, -0.2) is 35.8 Å². The normalized spacial score (nSPS) is 27.8. The highest BCUT2D eigenvalue weighted by Crippen LogP contribution is 2.50. The maximum atomic E-state index is 12.6. The Labute approximate surface area is 141 Å². The van der Waals surface area contributed by atoms with E-state index in [0.29, 0.717) is 17.9 Å². The number of piperidine rings is 1. The van der Waals surface area contributed by atoms with E-state index in [0.717, 1.165) is 45.2 Å². The summed E-state index contributed by atoms with van der Waals surface area (Å²) in [5, 5.41) is 3.09. The van der Waals surface area contributed by atoms with Crippen molar-refractivity contribution in [1.29, 1.82) is 0 Å². The molecule has 124 valence electrons. The van der Waals surface area contributed by atoms with Gasteiger partial charge in [-0.25, -0.2) is 0 Å². The summed E-state index contributed by atoms with van der Waals surface area (Å²) in [5.74, 6) is 1.25. The topological polar surface area (TPSA) is 49.4 Å². The Morgan fingerprint density at radius 2 is 1.91 bits per heavy atom. The molecule has 1 N–H and O–H groups in total. The fraction of sp³-hybridized carbons (Fsp3) is 0.667. The van der Waals surface area contributed by atoms with Crippen LogP contribution >= 0.6 is 11.3 Å². The fourth-order valence-corrected chi connectivity index (χ4v) is 4.63. The second-order valence-corrected chi connectivity index (χ2v) is 8.60. The quantitative estimate of drug-likeness (QED) is 0.921. The van der Waals surface area contributed by atoms with Gasteiger partial charge in [0, 0.05) is 46.6 Å². The van der Waals surface area contributed by atoms with Crippen LogP contribution in [0.2, 0.25) is 0 Å². The molecular weight excluding hydrogens is 308 g/mol. The standard InChI is InChI=1S/C18H24N2O2S/c1-11-2-5-16(23-11)14-10-15(14)18(22)20-8-6-12(7-9-20)17(21)19-13-3-4-13/h2,5,12-15H,3-4,6-10H2,1H3,(H,19,21). The lowest BCUT2D eigenvalue weighted by Crippen LogP contribution is -2.44. The molecule has 23 heavy (non-hydrogen) atoms. The Balaban J connectivity index is 1.27. The molecule has 0 aromatic carbocycles. The summed E-state index contributed by atoms with van der Waals surface area (Å²) in [6.45, 7) is 3.60. The van der Waals surface area contributed by atoms with Crippen LogP contribution in [0.25, 0.3) is 0 Å². The molecule has 0 bridgehead atoms. The predicted octanol–water partition coefficient (Wildman–Crippen LogP) is 2.68. The molecule has 5 heteroatoms. The van der Waals surface area contributed by atoms with Gasteiger partial charge in [-0.15, -0.1) is 11.3 Å². The number of likely N-dealkylation sites (tertiary alicyclic amines) is 1. The van der Waals surface area contributed by atoms with Crippen molar-refractivity contribution in [3.63, 3.8) is 0 Å². The van der Waals surface area contributed by atoms with Gasteiger partial charge in [-0.3, -0.25) is 9.59 Å². The number of aryl methyl sites for hydroxylation is 1. The molecule has 2 unspecified atom stereocenters. The van der Waals surface area contributed by atoms with E-state index in [1.165, 1.54) is 9.75 Å². The Bertz CT molecular complexity index is 614. The third kappa shape index (κ3) is 3.30. The predicted molar refractivity (Wildman–Crippen MR) is 90.4 cm³/mol. The molecule has 1 aromatic rings. The molecule has 2 aliphatic carbocycles. The first-order chi connectivity index (χ1) is 11.1. The van der Waals surface area contributed by atoms with Crippen molar-refractivity contribution in [2.45, 2.75) is 51.0 Å². The first kappa shape index (κ1) is 15.2. The third-order valence-corrected chi connectivity index (χ3v) is 6.47. The van der Waals surface area contributed by atoms with Crippen molar-refractivity contribution in [2.24, 2.45) is 11.8 Å². The van der Waals surface area contributed by atoms with E-state index in [1.54, 1.807) is 0 Å². The lowest BCUT2D eigenvalue weighted by atomic mass is 9.95. The smallest absolute Gasteiger partial charge is 0.226 e. The van der Waals surface area contributed by atoms with Crippen LogP contribution in [-0.2, 0) is 9.59 Å². The molecular formula is C18H24N2O2S. The Kier molecular flexibility index (Phi) is 3.92. The molecule has 3 fully saturated rings. The average molecular weight is 332 g/mol. The fourth-order valence-electron chi connectivity index (χ4n) is 3.58. The minimum Gasteiger partial charge on any atom is -0.353 e. The molecule has 0 spiro atoms. The molecule has 1 saturated heterocycles. The van der Waals surface area contributed by atoms with Crippen molar-refractivity contribution in [3.8, 4) is 0 Å². The SMILES string of the molecule is Cc1ccc(C2CC2C(=O)N2CCC(C(=O)NC3CC3)CC2)s1. The number of hydrogen-bond acceptors (Lipinski definition) is 3. The highest BCUT2D eigenvalue weighted by atomic mass is 32.1. The van der Waals surface area contributed by atoms with Gasteiger partial charge in [-0.2, -0.15) is 0 Å². The Morgan fingerprint density at radius 3 is 2.52 bits per heavy atom. The van der Waals surface area contributed by atoms with Gasteiger partial charge in [0.15, 0.2) is 0 Å². The largest absolute Gasteiger partial charge is 0.353 e. The van der Waals surface area contributed by atoms with Gasteiger partial charge in [-0.05, 0) is 51.2 Å². The molecule has 2 amide bonds. The van der Waals surface area contributed by atoms with Gasteiger partial charge in [0.1, 0.15) is 0 Å². The first-order valence-electron chi connectivity index (χ1n) is 8.77. The molecule has 2 saturated carbocycles. The van der Waals surface area contributed by atoms with E-state index in [2.05, 4.69) is 24.4 Å². The summed E-state index contributed by atoms with van der Waals surface area (Å²) >= 11 is 1.82. The molecule has 2 atom stereocenters. The van der Waals surface area contributed by atoms with E-state index in [9.17, 15) is 9.59 Å². The maximum Gasteiger partial charge on any atom is 0.226 e. The van der Waals surface area contributed by atoms with Crippen LogP contribution in [0.15, 0.2) is 12.1 Å². The molecule has 3 aliphatic rings. The molecule has 4 nitrogen and oxygen atoms in total. The van der Waals surface area contributed by atoms with Crippen LogP contribution in [0.1, 0.15) is 47.8 Å². The zero-order valence-electron chi connectivity index (χ0n) is 13.6. The minimum atomic E-state index is 0.106. The Hall–Kier alpha value is -1.36. The molecule has 1 aliphatic heterocycles. The van der Waals surface area contributed by atoms with Crippen molar-refractivity contribution >= 4 is 23.2 Å². The highest BCUT2D eigenvalue weighted by molar-refractivity contribution is 7.12. The summed E-state index contributed by atoms with van der Waals surface area (Å²) in [6, 6.07) is 4.75. The van der Waals surface area contributed by atoms with Crippen molar-refractivity contribution in [1.82, 2.24) is 10.2 Å². The lowest BCUT2D eigenvalue weighted by Gasteiger charge is -2.31. The number of nitrogens with one attached hydrogen (secondary N) is 1. The summed E-state index contributed by atoms with van der Waals surface area (Å²) < 4.78 is 0. The molecule has 0 radical (unpaired) electrons. The lowest BCUT2D eigenvalue weighted by molar-refractivity contribution is -0.136. The second kappa shape index (κ2) is 5.93. The molecule has 4 rings (SSSR count). The first-order valence-corrected chi connectivity index (χ1v) is 9.59. The van der Waals surface area contributed by atoms with Gasteiger partial charge in [0.05, 0.1) is 0 Å². The van der Waals surface area contributed by atoms with Crippen LogP contribution in [0.5, 0.6) is 0 Å². The monoisotopic (exact) mass is 332 g/mol. The summed E-state index contributed by atoms with van der Waals surface area (Å²) in [5.41, 5.74) is 0. The Morgan fingerprint density at radius 1 is 1.17 bits per heavy atom.